The first-order chi connectivity index (χ1) is 5.52. The summed E-state index contributed by atoms with van der Waals surface area (Å²) in [5.41, 5.74) is -0.209. The average molecular weight is 171 g/mol. The minimum absolute atomic E-state index is 0.0856. The molecule has 0 unspecified atom stereocenters. The lowest BCUT2D eigenvalue weighted by atomic mass is 10.4. The van der Waals surface area contributed by atoms with Crippen molar-refractivity contribution in [1.82, 2.24) is 9.78 Å². The molecule has 0 amide bonds. The molecule has 0 saturated carbocycles. The Kier molecular flexibility index (Phi) is 1.78. The maximum absolute atomic E-state index is 10.3. The Morgan fingerprint density at radius 3 is 2.67 bits per heavy atom. The molecular weight excluding hydrogens is 166 g/mol. The smallest absolute Gasteiger partial charge is 0.432 e. The first-order valence-electron chi connectivity index (χ1n) is 2.96. The zero-order valence-corrected chi connectivity index (χ0v) is 6.09. The number of hydrogen-bond acceptors (Lipinski definition) is 4. The number of hydrogen-bond donors (Lipinski definition) is 1. The SMILES string of the molecule is Cc1nn(C(=O)O)cc1[N+](=O)[O-]. The van der Waals surface area contributed by atoms with Crippen LogP contribution >= 0.6 is 0 Å². The number of carboxylic acid groups (broad SMARTS) is 1. The largest absolute Gasteiger partial charge is 0.463 e. The summed E-state index contributed by atoms with van der Waals surface area (Å²) in [6.07, 6.45) is -0.483. The lowest BCUT2D eigenvalue weighted by Gasteiger charge is -1.85. The van der Waals surface area contributed by atoms with Crippen LogP contribution in [-0.4, -0.2) is 25.9 Å². The van der Waals surface area contributed by atoms with Crippen LogP contribution < -0.4 is 0 Å². The number of carbonyl (C=O) groups is 1. The third-order valence-corrected chi connectivity index (χ3v) is 1.27. The van der Waals surface area contributed by atoms with Crippen LogP contribution in [0.2, 0.25) is 0 Å². The van der Waals surface area contributed by atoms with Gasteiger partial charge in [-0.3, -0.25) is 10.1 Å². The molecule has 1 heterocycles. The molecule has 1 aromatic rings. The highest BCUT2D eigenvalue weighted by atomic mass is 16.6. The van der Waals surface area contributed by atoms with Crippen LogP contribution in [0, 0.1) is 17.0 Å². The normalized spacial score (nSPS) is 9.75. The van der Waals surface area contributed by atoms with E-state index in [0.29, 0.717) is 4.68 Å². The molecular formula is C5H5N3O4. The topological polar surface area (TPSA) is 98.3 Å². The second-order valence-corrected chi connectivity index (χ2v) is 2.08. The van der Waals surface area contributed by atoms with Crippen molar-refractivity contribution in [3.63, 3.8) is 0 Å². The quantitative estimate of drug-likeness (QED) is 0.493. The highest BCUT2D eigenvalue weighted by Gasteiger charge is 2.17. The fourth-order valence-electron chi connectivity index (χ4n) is 0.728. The predicted octanol–water partition coefficient (Wildman–Crippen LogP) is 0.626. The highest BCUT2D eigenvalue weighted by molar-refractivity contribution is 5.67. The molecule has 0 aromatic carbocycles. The standard InChI is InChI=1S/C5H5N3O4/c1-3-4(8(11)12)2-7(6-3)5(9)10/h2H,1H3,(H,9,10). The van der Waals surface area contributed by atoms with Crippen LogP contribution in [0.15, 0.2) is 6.20 Å². The summed E-state index contributed by atoms with van der Waals surface area (Å²) in [4.78, 5) is 19.8. The van der Waals surface area contributed by atoms with Gasteiger partial charge in [0.25, 0.3) is 0 Å². The molecule has 64 valence electrons. The maximum atomic E-state index is 10.3. The van der Waals surface area contributed by atoms with Gasteiger partial charge in [-0.25, -0.2) is 4.79 Å². The van der Waals surface area contributed by atoms with Crippen molar-refractivity contribution in [3.8, 4) is 0 Å². The third kappa shape index (κ3) is 1.24. The van der Waals surface area contributed by atoms with Gasteiger partial charge in [0, 0.05) is 0 Å². The molecule has 7 nitrogen and oxygen atoms in total. The van der Waals surface area contributed by atoms with Crippen molar-refractivity contribution in [2.75, 3.05) is 0 Å². The zero-order valence-electron chi connectivity index (χ0n) is 6.09. The Morgan fingerprint density at radius 1 is 1.83 bits per heavy atom. The van der Waals surface area contributed by atoms with Crippen molar-refractivity contribution in [2.45, 2.75) is 6.92 Å². The summed E-state index contributed by atoms with van der Waals surface area (Å²) in [6.45, 7) is 1.37. The average Bonchev–Trinajstić information content (AvgIpc) is 2.30. The van der Waals surface area contributed by atoms with Crippen molar-refractivity contribution in [2.24, 2.45) is 0 Å². The van der Waals surface area contributed by atoms with Gasteiger partial charge in [-0.15, -0.1) is 0 Å². The van der Waals surface area contributed by atoms with E-state index in [2.05, 4.69) is 5.10 Å². The number of aryl methyl sites for hydroxylation is 1. The molecule has 12 heavy (non-hydrogen) atoms. The van der Waals surface area contributed by atoms with Crippen LogP contribution in [0.4, 0.5) is 10.5 Å². The Labute approximate surface area is 66.4 Å². The molecule has 7 heteroatoms. The van der Waals surface area contributed by atoms with E-state index in [1.54, 1.807) is 0 Å². The maximum Gasteiger partial charge on any atom is 0.432 e. The molecule has 0 aliphatic heterocycles. The van der Waals surface area contributed by atoms with E-state index in [4.69, 9.17) is 5.11 Å². The van der Waals surface area contributed by atoms with E-state index in [1.165, 1.54) is 6.92 Å². The van der Waals surface area contributed by atoms with E-state index in [0.717, 1.165) is 6.20 Å². The van der Waals surface area contributed by atoms with E-state index in [9.17, 15) is 14.9 Å². The lowest BCUT2D eigenvalue weighted by Crippen LogP contribution is -2.07. The van der Waals surface area contributed by atoms with Gasteiger partial charge >= 0.3 is 11.8 Å². The molecule has 0 bridgehead atoms. The Balaban J connectivity index is 3.17. The fraction of sp³-hybridized carbons (Fsp3) is 0.200. The minimum atomic E-state index is -1.34. The molecule has 1 rings (SSSR count). The van der Waals surface area contributed by atoms with E-state index < -0.39 is 11.0 Å². The number of rotatable bonds is 1. The second kappa shape index (κ2) is 2.61. The van der Waals surface area contributed by atoms with Gasteiger partial charge in [-0.1, -0.05) is 0 Å². The Hall–Kier alpha value is -1.92. The van der Waals surface area contributed by atoms with Crippen LogP contribution in [0.3, 0.4) is 0 Å². The fourth-order valence-corrected chi connectivity index (χ4v) is 0.728. The minimum Gasteiger partial charge on any atom is -0.463 e. The molecule has 0 radical (unpaired) electrons. The van der Waals surface area contributed by atoms with Crippen LogP contribution in [0.25, 0.3) is 0 Å². The summed E-state index contributed by atoms with van der Waals surface area (Å²) in [7, 11) is 0. The monoisotopic (exact) mass is 171 g/mol. The van der Waals surface area contributed by atoms with Gasteiger partial charge in [-0.2, -0.15) is 9.78 Å². The van der Waals surface area contributed by atoms with Gasteiger partial charge in [-0.05, 0) is 6.92 Å². The van der Waals surface area contributed by atoms with E-state index >= 15 is 0 Å². The van der Waals surface area contributed by atoms with E-state index in [1.807, 2.05) is 0 Å². The summed E-state index contributed by atoms with van der Waals surface area (Å²) in [6, 6.07) is 0. The van der Waals surface area contributed by atoms with Crippen molar-refractivity contribution >= 4 is 11.8 Å². The summed E-state index contributed by atoms with van der Waals surface area (Å²) < 4.78 is 0.507. The molecule has 0 atom stereocenters. The number of nitro groups is 1. The molecule has 1 N–H and O–H groups in total. The van der Waals surface area contributed by atoms with Crippen LogP contribution in [-0.2, 0) is 0 Å². The lowest BCUT2D eigenvalue weighted by molar-refractivity contribution is -0.385. The second-order valence-electron chi connectivity index (χ2n) is 2.08. The zero-order chi connectivity index (χ0) is 9.30. The van der Waals surface area contributed by atoms with Gasteiger partial charge in [0.05, 0.1) is 4.92 Å². The van der Waals surface area contributed by atoms with Gasteiger partial charge in [0.2, 0.25) is 0 Å². The van der Waals surface area contributed by atoms with Crippen LogP contribution in [0.1, 0.15) is 5.69 Å². The van der Waals surface area contributed by atoms with Crippen molar-refractivity contribution in [3.05, 3.63) is 22.0 Å². The van der Waals surface area contributed by atoms with Crippen molar-refractivity contribution < 1.29 is 14.8 Å². The molecule has 0 aliphatic rings. The summed E-state index contributed by atoms with van der Waals surface area (Å²) >= 11 is 0. The van der Waals surface area contributed by atoms with Gasteiger partial charge in [0.15, 0.2) is 0 Å². The first-order valence-corrected chi connectivity index (χ1v) is 2.96. The Bertz CT molecular complexity index is 342. The van der Waals surface area contributed by atoms with Crippen LogP contribution in [0.5, 0.6) is 0 Å². The molecule has 1 aromatic heterocycles. The summed E-state index contributed by atoms with van der Waals surface area (Å²) in [5.74, 6) is 0. The summed E-state index contributed by atoms with van der Waals surface area (Å²) in [5, 5.41) is 22.0. The first kappa shape index (κ1) is 8.18. The molecule has 0 fully saturated rings. The molecule has 0 spiro atoms. The predicted molar refractivity (Wildman–Crippen MR) is 37.0 cm³/mol. The third-order valence-electron chi connectivity index (χ3n) is 1.27. The number of aromatic nitrogens is 2. The number of nitrogens with zero attached hydrogens (tertiary/aromatic N) is 3. The van der Waals surface area contributed by atoms with Crippen molar-refractivity contribution in [1.29, 1.82) is 0 Å². The molecule has 0 saturated heterocycles. The van der Waals surface area contributed by atoms with Gasteiger partial charge in [0.1, 0.15) is 11.9 Å². The highest BCUT2D eigenvalue weighted by Crippen LogP contribution is 2.14. The Morgan fingerprint density at radius 2 is 2.42 bits per heavy atom. The van der Waals surface area contributed by atoms with E-state index in [-0.39, 0.29) is 11.4 Å². The molecule has 0 aliphatic carbocycles. The van der Waals surface area contributed by atoms with Gasteiger partial charge < -0.3 is 5.11 Å².